The number of tetrazole rings is 1. The highest BCUT2D eigenvalue weighted by Crippen LogP contribution is 2.27. The molecule has 0 radical (unpaired) electrons. The third kappa shape index (κ3) is 4.21. The molecule has 1 aliphatic carbocycles. The molecule has 3 rings (SSSR count). The molecule has 0 spiro atoms. The first-order chi connectivity index (χ1) is 12.1. The Morgan fingerprint density at radius 2 is 1.92 bits per heavy atom. The van der Waals surface area contributed by atoms with Gasteiger partial charge in [-0.1, -0.05) is 48.7 Å². The Bertz CT molecular complexity index is 709. The van der Waals surface area contributed by atoms with Gasteiger partial charge in [0.1, 0.15) is 0 Å². The van der Waals surface area contributed by atoms with Crippen LogP contribution in [-0.2, 0) is 4.79 Å². The van der Waals surface area contributed by atoms with Crippen LogP contribution in [0.25, 0.3) is 5.69 Å². The van der Waals surface area contributed by atoms with Gasteiger partial charge in [-0.25, -0.2) is 0 Å². The predicted molar refractivity (Wildman–Crippen MR) is 98.9 cm³/mol. The third-order valence-corrected chi connectivity index (χ3v) is 5.84. The van der Waals surface area contributed by atoms with E-state index in [4.69, 9.17) is 0 Å². The lowest BCUT2D eigenvalue weighted by Gasteiger charge is -2.32. The number of benzene rings is 1. The number of aryl methyl sites for hydroxylation is 1. The van der Waals surface area contributed by atoms with Gasteiger partial charge in [-0.05, 0) is 49.2 Å². The molecule has 1 aromatic carbocycles. The van der Waals surface area contributed by atoms with E-state index in [0.717, 1.165) is 18.5 Å². The number of rotatable bonds is 5. The molecule has 1 unspecified atom stereocenters. The smallest absolute Gasteiger partial charge is 0.235 e. The highest BCUT2D eigenvalue weighted by atomic mass is 32.2. The fourth-order valence-corrected chi connectivity index (χ4v) is 4.15. The molecule has 0 bridgehead atoms. The number of carbonyl (C=O) groups is 1. The highest BCUT2D eigenvalue weighted by Gasteiger charge is 2.27. The summed E-state index contributed by atoms with van der Waals surface area (Å²) in [7, 11) is 1.93. The molecule has 1 aliphatic rings. The Labute approximate surface area is 153 Å². The zero-order valence-corrected chi connectivity index (χ0v) is 15.9. The Kier molecular flexibility index (Phi) is 5.73. The SMILES string of the molecule is Cc1ccc(-n2nnnc2SC(C)C(=O)N(C)C2CCCCC2)cc1. The van der Waals surface area contributed by atoms with Crippen molar-refractivity contribution in [2.45, 2.75) is 62.4 Å². The molecule has 0 N–H and O–H groups in total. The fourth-order valence-electron chi connectivity index (χ4n) is 3.24. The molecule has 2 aromatic rings. The van der Waals surface area contributed by atoms with E-state index in [9.17, 15) is 4.79 Å². The zero-order chi connectivity index (χ0) is 17.8. The largest absolute Gasteiger partial charge is 0.342 e. The van der Waals surface area contributed by atoms with Crippen LogP contribution in [0, 0.1) is 6.92 Å². The van der Waals surface area contributed by atoms with Gasteiger partial charge in [0, 0.05) is 13.1 Å². The van der Waals surface area contributed by atoms with Gasteiger partial charge in [0.2, 0.25) is 11.1 Å². The molecule has 1 fully saturated rings. The summed E-state index contributed by atoms with van der Waals surface area (Å²) in [4.78, 5) is 14.7. The molecule has 6 nitrogen and oxygen atoms in total. The summed E-state index contributed by atoms with van der Waals surface area (Å²) < 4.78 is 1.69. The Balaban J connectivity index is 1.68. The van der Waals surface area contributed by atoms with Crippen LogP contribution in [0.2, 0.25) is 0 Å². The van der Waals surface area contributed by atoms with Crippen molar-refractivity contribution in [1.29, 1.82) is 0 Å². The molecule has 25 heavy (non-hydrogen) atoms. The van der Waals surface area contributed by atoms with Gasteiger partial charge >= 0.3 is 0 Å². The highest BCUT2D eigenvalue weighted by molar-refractivity contribution is 8.00. The summed E-state index contributed by atoms with van der Waals surface area (Å²) in [5.74, 6) is 0.148. The first-order valence-corrected chi connectivity index (χ1v) is 9.73. The second-order valence-electron chi connectivity index (χ2n) is 6.71. The first kappa shape index (κ1) is 17.9. The van der Waals surface area contributed by atoms with E-state index in [2.05, 4.69) is 15.5 Å². The van der Waals surface area contributed by atoms with E-state index in [-0.39, 0.29) is 11.2 Å². The number of carbonyl (C=O) groups excluding carboxylic acids is 1. The standard InChI is InChI=1S/C18H25N5OS/c1-13-9-11-16(12-10-13)23-18(19-20-21-23)25-14(2)17(24)22(3)15-7-5-4-6-8-15/h9-12,14-15H,4-8H2,1-3H3. The summed E-state index contributed by atoms with van der Waals surface area (Å²) in [6, 6.07) is 8.39. The van der Waals surface area contributed by atoms with Crippen molar-refractivity contribution in [3.63, 3.8) is 0 Å². The summed E-state index contributed by atoms with van der Waals surface area (Å²) in [5, 5.41) is 12.4. The molecular formula is C18H25N5OS. The Hall–Kier alpha value is -1.89. The molecule has 1 saturated carbocycles. The van der Waals surface area contributed by atoms with Crippen molar-refractivity contribution in [2.75, 3.05) is 7.05 Å². The lowest BCUT2D eigenvalue weighted by Crippen LogP contribution is -2.42. The quantitative estimate of drug-likeness (QED) is 0.767. The molecule has 1 amide bonds. The van der Waals surface area contributed by atoms with Crippen LogP contribution >= 0.6 is 11.8 Å². The topological polar surface area (TPSA) is 63.9 Å². The van der Waals surface area contributed by atoms with Gasteiger partial charge in [0.05, 0.1) is 10.9 Å². The van der Waals surface area contributed by atoms with Crippen LogP contribution in [0.4, 0.5) is 0 Å². The van der Waals surface area contributed by atoms with Crippen molar-refractivity contribution in [1.82, 2.24) is 25.1 Å². The maximum atomic E-state index is 12.8. The van der Waals surface area contributed by atoms with Crippen molar-refractivity contribution >= 4 is 17.7 Å². The summed E-state index contributed by atoms with van der Waals surface area (Å²) >= 11 is 1.41. The molecule has 1 aromatic heterocycles. The Morgan fingerprint density at radius 1 is 1.24 bits per heavy atom. The van der Waals surface area contributed by atoms with Crippen LogP contribution < -0.4 is 0 Å². The molecule has 1 heterocycles. The molecule has 1 atom stereocenters. The van der Waals surface area contributed by atoms with Gasteiger partial charge in [0.25, 0.3) is 0 Å². The summed E-state index contributed by atoms with van der Waals surface area (Å²) in [6.07, 6.45) is 5.95. The van der Waals surface area contributed by atoms with E-state index < -0.39 is 0 Å². The van der Waals surface area contributed by atoms with Crippen LogP contribution in [0.5, 0.6) is 0 Å². The van der Waals surface area contributed by atoms with Gasteiger partial charge < -0.3 is 4.90 Å². The van der Waals surface area contributed by atoms with Gasteiger partial charge in [0.15, 0.2) is 0 Å². The lowest BCUT2D eigenvalue weighted by molar-refractivity contribution is -0.131. The van der Waals surface area contributed by atoms with Crippen molar-refractivity contribution in [3.8, 4) is 5.69 Å². The summed E-state index contributed by atoms with van der Waals surface area (Å²) in [6.45, 7) is 3.97. The second kappa shape index (κ2) is 7.99. The van der Waals surface area contributed by atoms with Crippen LogP contribution in [0.15, 0.2) is 29.4 Å². The van der Waals surface area contributed by atoms with Crippen LogP contribution in [-0.4, -0.2) is 49.4 Å². The minimum atomic E-state index is -0.220. The minimum Gasteiger partial charge on any atom is -0.342 e. The lowest BCUT2D eigenvalue weighted by atomic mass is 9.94. The van der Waals surface area contributed by atoms with Crippen molar-refractivity contribution in [3.05, 3.63) is 29.8 Å². The number of hydrogen-bond acceptors (Lipinski definition) is 5. The number of aromatic nitrogens is 4. The monoisotopic (exact) mass is 359 g/mol. The predicted octanol–water partition coefficient (Wildman–Crippen LogP) is 3.24. The number of nitrogens with zero attached hydrogens (tertiary/aromatic N) is 5. The minimum absolute atomic E-state index is 0.148. The average molecular weight is 359 g/mol. The van der Waals surface area contributed by atoms with Gasteiger partial charge in [-0.15, -0.1) is 5.10 Å². The van der Waals surface area contributed by atoms with Crippen molar-refractivity contribution < 1.29 is 4.79 Å². The maximum Gasteiger partial charge on any atom is 0.235 e. The van der Waals surface area contributed by atoms with Gasteiger partial charge in [-0.3, -0.25) is 4.79 Å². The number of thioether (sulfide) groups is 1. The molecule has 7 heteroatoms. The van der Waals surface area contributed by atoms with Crippen LogP contribution in [0.3, 0.4) is 0 Å². The van der Waals surface area contributed by atoms with E-state index >= 15 is 0 Å². The normalized spacial score (nSPS) is 16.6. The molecule has 0 aliphatic heterocycles. The molecule has 134 valence electrons. The van der Waals surface area contributed by atoms with E-state index in [0.29, 0.717) is 11.2 Å². The van der Waals surface area contributed by atoms with E-state index in [1.165, 1.54) is 36.6 Å². The van der Waals surface area contributed by atoms with Gasteiger partial charge in [-0.2, -0.15) is 4.68 Å². The fraction of sp³-hybridized carbons (Fsp3) is 0.556. The second-order valence-corrected chi connectivity index (χ2v) is 8.02. The third-order valence-electron chi connectivity index (χ3n) is 4.82. The Morgan fingerprint density at radius 3 is 2.60 bits per heavy atom. The first-order valence-electron chi connectivity index (χ1n) is 8.85. The van der Waals surface area contributed by atoms with Crippen LogP contribution in [0.1, 0.15) is 44.6 Å². The number of amides is 1. The molecule has 0 saturated heterocycles. The van der Waals surface area contributed by atoms with Crippen molar-refractivity contribution in [2.24, 2.45) is 0 Å². The summed E-state index contributed by atoms with van der Waals surface area (Å²) in [5.41, 5.74) is 2.09. The van der Waals surface area contributed by atoms with E-state index in [1.54, 1.807) is 4.68 Å². The molecular weight excluding hydrogens is 334 g/mol. The van der Waals surface area contributed by atoms with E-state index in [1.807, 2.05) is 50.1 Å². The zero-order valence-electron chi connectivity index (χ0n) is 15.1. The number of hydrogen-bond donors (Lipinski definition) is 0. The maximum absolute atomic E-state index is 12.8. The average Bonchev–Trinajstić information content (AvgIpc) is 3.10.